The molecule has 4 aromatic rings. The summed E-state index contributed by atoms with van der Waals surface area (Å²) in [5.74, 6) is 0.534. The number of likely N-dealkylation sites (tertiary alicyclic amines) is 1. The summed E-state index contributed by atoms with van der Waals surface area (Å²) in [5.41, 5.74) is 2.86. The molecule has 0 aliphatic carbocycles. The number of nitrogens with zero attached hydrogens (tertiary/aromatic N) is 3. The standard InChI is InChI=1S/C25H23Cl2N5O3/c1-35-24-22-17(21-18(26)3-2-4-19(21)27)11-20(34)29-23(22)30-25(31-24)28-15-7-5-14(6-8-15)12-32-10-9-16(33)13-32/h2-8,11,16,33H,9-10,12-13H2,1H3,(H2,28,29,30,31,34)/t16-/m1/s1. The molecule has 0 unspecified atom stereocenters. The molecule has 1 atom stereocenters. The van der Waals surface area contributed by atoms with E-state index in [0.29, 0.717) is 38.8 Å². The molecular weight excluding hydrogens is 489 g/mol. The minimum Gasteiger partial charge on any atom is -0.480 e. The quantitative estimate of drug-likeness (QED) is 0.347. The van der Waals surface area contributed by atoms with E-state index in [0.717, 1.165) is 30.8 Å². The SMILES string of the molecule is COc1nc(Nc2ccc(CN3CC[C@@H](O)C3)cc2)nc2[nH]c(=O)cc(-c3c(Cl)cccc3Cl)c12. The van der Waals surface area contributed by atoms with Crippen molar-refractivity contribution in [2.45, 2.75) is 19.1 Å². The first-order valence-corrected chi connectivity index (χ1v) is 11.9. The molecule has 0 bridgehead atoms. The number of methoxy groups -OCH3 is 1. The lowest BCUT2D eigenvalue weighted by molar-refractivity contribution is 0.175. The number of halogens is 2. The number of benzene rings is 2. The van der Waals surface area contributed by atoms with Gasteiger partial charge in [0.15, 0.2) is 0 Å². The third-order valence-electron chi connectivity index (χ3n) is 5.95. The van der Waals surface area contributed by atoms with Crippen LogP contribution < -0.4 is 15.6 Å². The smallest absolute Gasteiger partial charge is 0.250 e. The molecule has 1 saturated heterocycles. The van der Waals surface area contributed by atoms with Gasteiger partial charge in [0, 0.05) is 52.6 Å². The molecule has 35 heavy (non-hydrogen) atoms. The number of aromatic nitrogens is 3. The van der Waals surface area contributed by atoms with Crippen molar-refractivity contribution >= 4 is 45.9 Å². The molecule has 10 heteroatoms. The number of H-pyrrole nitrogens is 1. The zero-order valence-corrected chi connectivity index (χ0v) is 20.4. The molecule has 180 valence electrons. The zero-order chi connectivity index (χ0) is 24.5. The highest BCUT2D eigenvalue weighted by atomic mass is 35.5. The van der Waals surface area contributed by atoms with Gasteiger partial charge in [-0.25, -0.2) is 0 Å². The molecule has 0 amide bonds. The van der Waals surface area contributed by atoms with Gasteiger partial charge in [0.2, 0.25) is 17.4 Å². The Morgan fingerprint density at radius 2 is 1.91 bits per heavy atom. The molecule has 2 aromatic heterocycles. The molecule has 0 radical (unpaired) electrons. The summed E-state index contributed by atoms with van der Waals surface area (Å²) in [7, 11) is 1.50. The van der Waals surface area contributed by atoms with E-state index in [9.17, 15) is 9.90 Å². The second kappa shape index (κ2) is 9.83. The first kappa shape index (κ1) is 23.6. The van der Waals surface area contributed by atoms with E-state index in [-0.39, 0.29) is 23.5 Å². The number of fused-ring (bicyclic) bond motifs is 1. The summed E-state index contributed by atoms with van der Waals surface area (Å²) in [5, 5.41) is 14.2. The molecule has 2 aromatic carbocycles. The lowest BCUT2D eigenvalue weighted by Crippen LogP contribution is -2.21. The van der Waals surface area contributed by atoms with Gasteiger partial charge in [0.05, 0.1) is 18.6 Å². The lowest BCUT2D eigenvalue weighted by Gasteiger charge is -2.15. The van der Waals surface area contributed by atoms with Crippen molar-refractivity contribution in [3.8, 4) is 17.0 Å². The number of rotatable bonds is 6. The van der Waals surface area contributed by atoms with Crippen LogP contribution in [-0.4, -0.2) is 51.3 Å². The number of ether oxygens (including phenoxy) is 1. The maximum Gasteiger partial charge on any atom is 0.250 e. The van der Waals surface area contributed by atoms with Gasteiger partial charge in [-0.05, 0) is 36.2 Å². The van der Waals surface area contributed by atoms with Crippen molar-refractivity contribution in [2.75, 3.05) is 25.5 Å². The fourth-order valence-corrected chi connectivity index (χ4v) is 4.92. The summed E-state index contributed by atoms with van der Waals surface area (Å²) in [6.45, 7) is 2.38. The molecular formula is C25H23Cl2N5O3. The van der Waals surface area contributed by atoms with Crippen molar-refractivity contribution in [3.63, 3.8) is 0 Å². The van der Waals surface area contributed by atoms with Gasteiger partial charge in [-0.2, -0.15) is 9.97 Å². The fraction of sp³-hybridized carbons (Fsp3) is 0.240. The highest BCUT2D eigenvalue weighted by molar-refractivity contribution is 6.39. The molecule has 8 nitrogen and oxygen atoms in total. The van der Waals surface area contributed by atoms with E-state index < -0.39 is 0 Å². The number of hydrogen-bond acceptors (Lipinski definition) is 7. The summed E-state index contributed by atoms with van der Waals surface area (Å²) in [4.78, 5) is 26.5. The number of nitrogens with one attached hydrogen (secondary N) is 2. The minimum absolute atomic E-state index is 0.239. The minimum atomic E-state index is -0.355. The van der Waals surface area contributed by atoms with E-state index in [2.05, 4.69) is 25.2 Å². The third kappa shape index (κ3) is 4.97. The molecule has 0 saturated carbocycles. The van der Waals surface area contributed by atoms with E-state index in [1.165, 1.54) is 13.2 Å². The Hall–Kier alpha value is -3.17. The van der Waals surface area contributed by atoms with Gasteiger partial charge < -0.3 is 20.1 Å². The number of aromatic amines is 1. The predicted molar refractivity (Wildman–Crippen MR) is 138 cm³/mol. The fourth-order valence-electron chi connectivity index (χ4n) is 4.32. The number of aliphatic hydroxyl groups excluding tert-OH is 1. The average molecular weight is 512 g/mol. The highest BCUT2D eigenvalue weighted by Gasteiger charge is 2.21. The van der Waals surface area contributed by atoms with E-state index >= 15 is 0 Å². The Balaban J connectivity index is 1.48. The van der Waals surface area contributed by atoms with Crippen LogP contribution in [0.15, 0.2) is 53.3 Å². The van der Waals surface area contributed by atoms with Gasteiger partial charge in [-0.15, -0.1) is 0 Å². The average Bonchev–Trinajstić information content (AvgIpc) is 3.23. The van der Waals surface area contributed by atoms with Crippen LogP contribution in [0.4, 0.5) is 11.6 Å². The van der Waals surface area contributed by atoms with Gasteiger partial charge in [-0.1, -0.05) is 41.4 Å². The van der Waals surface area contributed by atoms with Crippen molar-refractivity contribution in [1.82, 2.24) is 19.9 Å². The van der Waals surface area contributed by atoms with Crippen LogP contribution in [0.2, 0.25) is 10.0 Å². The van der Waals surface area contributed by atoms with Crippen LogP contribution in [0.25, 0.3) is 22.2 Å². The molecule has 0 spiro atoms. The Labute approximate surface area is 211 Å². The van der Waals surface area contributed by atoms with Crippen LogP contribution in [0.5, 0.6) is 5.88 Å². The Bertz CT molecular complexity index is 1420. The monoisotopic (exact) mass is 511 g/mol. The first-order chi connectivity index (χ1) is 16.9. The van der Waals surface area contributed by atoms with Crippen molar-refractivity contribution in [1.29, 1.82) is 0 Å². The molecule has 1 aliphatic rings. The summed E-state index contributed by atoms with van der Waals surface area (Å²) < 4.78 is 5.56. The number of aliphatic hydroxyl groups is 1. The zero-order valence-electron chi connectivity index (χ0n) is 18.9. The van der Waals surface area contributed by atoms with Crippen LogP contribution in [0.3, 0.4) is 0 Å². The van der Waals surface area contributed by atoms with Crippen molar-refractivity contribution < 1.29 is 9.84 Å². The topological polar surface area (TPSA) is 103 Å². The van der Waals surface area contributed by atoms with Crippen LogP contribution in [0, 0.1) is 0 Å². The van der Waals surface area contributed by atoms with Gasteiger partial charge in [-0.3, -0.25) is 9.69 Å². The molecule has 5 rings (SSSR count). The number of hydrogen-bond donors (Lipinski definition) is 3. The summed E-state index contributed by atoms with van der Waals surface area (Å²) in [6.07, 6.45) is 0.574. The summed E-state index contributed by atoms with van der Waals surface area (Å²) >= 11 is 12.8. The Kier molecular flexibility index (Phi) is 6.62. The molecule has 1 fully saturated rings. The van der Waals surface area contributed by atoms with Crippen LogP contribution in [0.1, 0.15) is 12.0 Å². The lowest BCUT2D eigenvalue weighted by atomic mass is 10.0. The Morgan fingerprint density at radius 1 is 1.17 bits per heavy atom. The predicted octanol–water partition coefficient (Wildman–Crippen LogP) is 4.61. The second-order valence-electron chi connectivity index (χ2n) is 8.42. The first-order valence-electron chi connectivity index (χ1n) is 11.1. The maximum atomic E-state index is 12.5. The van der Waals surface area contributed by atoms with Gasteiger partial charge in [0.1, 0.15) is 5.65 Å². The van der Waals surface area contributed by atoms with E-state index in [4.69, 9.17) is 27.9 Å². The number of β-amino-alcohol motifs (C(OH)–C–C–N with tert-alkyl or cyclic N) is 1. The van der Waals surface area contributed by atoms with Gasteiger partial charge >= 0.3 is 0 Å². The van der Waals surface area contributed by atoms with E-state index in [1.54, 1.807) is 18.2 Å². The molecule has 3 heterocycles. The third-order valence-corrected chi connectivity index (χ3v) is 6.58. The highest BCUT2D eigenvalue weighted by Crippen LogP contribution is 2.40. The van der Waals surface area contributed by atoms with Crippen LogP contribution >= 0.6 is 23.2 Å². The van der Waals surface area contributed by atoms with Crippen LogP contribution in [-0.2, 0) is 6.54 Å². The number of anilines is 2. The largest absolute Gasteiger partial charge is 0.480 e. The summed E-state index contributed by atoms with van der Waals surface area (Å²) in [6, 6.07) is 14.5. The van der Waals surface area contributed by atoms with E-state index in [1.807, 2.05) is 24.3 Å². The molecule has 3 N–H and O–H groups in total. The molecule has 1 aliphatic heterocycles. The van der Waals surface area contributed by atoms with Crippen molar-refractivity contribution in [3.05, 3.63) is 74.5 Å². The Morgan fingerprint density at radius 3 is 2.57 bits per heavy atom. The maximum absolute atomic E-state index is 12.5. The van der Waals surface area contributed by atoms with Crippen molar-refractivity contribution in [2.24, 2.45) is 0 Å². The number of pyridine rings is 1. The van der Waals surface area contributed by atoms with Gasteiger partial charge in [0.25, 0.3) is 0 Å². The normalized spacial score (nSPS) is 16.1. The second-order valence-corrected chi connectivity index (χ2v) is 9.24.